The fourth-order valence-corrected chi connectivity index (χ4v) is 3.04. The van der Waals surface area contributed by atoms with Gasteiger partial charge in [-0.25, -0.2) is 0 Å². The van der Waals surface area contributed by atoms with E-state index in [1.54, 1.807) is 0 Å². The number of fused-ring (bicyclic) bond motifs is 1. The van der Waals surface area contributed by atoms with Crippen molar-refractivity contribution < 1.29 is 4.74 Å². The molecule has 0 aliphatic rings. The van der Waals surface area contributed by atoms with Gasteiger partial charge in [0.1, 0.15) is 11.5 Å². The van der Waals surface area contributed by atoms with Crippen LogP contribution in [-0.4, -0.2) is 4.98 Å². The van der Waals surface area contributed by atoms with Crippen LogP contribution < -0.4 is 4.74 Å². The lowest BCUT2D eigenvalue weighted by molar-refractivity contribution is 0.483. The minimum atomic E-state index is 0.859. The number of pyridine rings is 1. The molecule has 0 bridgehead atoms. The van der Waals surface area contributed by atoms with E-state index in [2.05, 4.69) is 41.5 Å². The van der Waals surface area contributed by atoms with Crippen molar-refractivity contribution in [2.75, 3.05) is 0 Å². The van der Waals surface area contributed by atoms with Gasteiger partial charge in [-0.3, -0.25) is 4.98 Å². The lowest BCUT2D eigenvalue weighted by atomic mass is 9.94. The third-order valence-electron chi connectivity index (χ3n) is 5.01. The maximum atomic E-state index is 6.29. The van der Waals surface area contributed by atoms with Crippen LogP contribution >= 0.6 is 0 Å². The number of benzene rings is 2. The third kappa shape index (κ3) is 5.82. The molecule has 3 aromatic rings. The summed E-state index contributed by atoms with van der Waals surface area (Å²) in [5.74, 6) is 1.79. The predicted molar refractivity (Wildman–Crippen MR) is 131 cm³/mol. The van der Waals surface area contributed by atoms with Gasteiger partial charge in [0.2, 0.25) is 0 Å². The van der Waals surface area contributed by atoms with Crippen LogP contribution in [0.2, 0.25) is 0 Å². The Bertz CT molecular complexity index is 896. The zero-order valence-electron chi connectivity index (χ0n) is 20.7. The van der Waals surface area contributed by atoms with Crippen LogP contribution in [0.1, 0.15) is 75.1 Å². The van der Waals surface area contributed by atoms with E-state index in [1.807, 2.05) is 71.9 Å². The third-order valence-corrected chi connectivity index (χ3v) is 5.01. The summed E-state index contributed by atoms with van der Waals surface area (Å²) in [6.07, 6.45) is 0. The number of nitrogens with zero attached hydrogens (tertiary/aromatic N) is 1. The molecule has 29 heavy (non-hydrogen) atoms. The number of ether oxygens (including phenoxy) is 1. The van der Waals surface area contributed by atoms with Gasteiger partial charge in [0.15, 0.2) is 0 Å². The smallest absolute Gasteiger partial charge is 0.140 e. The molecule has 0 saturated carbocycles. The maximum Gasteiger partial charge on any atom is 0.140 e. The van der Waals surface area contributed by atoms with Gasteiger partial charge in [-0.15, -0.1) is 0 Å². The topological polar surface area (TPSA) is 22.1 Å². The second-order valence-electron chi connectivity index (χ2n) is 6.29. The first-order valence-electron chi connectivity index (χ1n) is 11.0. The van der Waals surface area contributed by atoms with Crippen LogP contribution in [0.25, 0.3) is 10.9 Å². The van der Waals surface area contributed by atoms with Crippen molar-refractivity contribution in [3.05, 3.63) is 63.8 Å². The Morgan fingerprint density at radius 1 is 0.586 bits per heavy atom. The Labute approximate surface area is 179 Å². The maximum absolute atomic E-state index is 6.29. The van der Waals surface area contributed by atoms with Crippen molar-refractivity contribution in [2.45, 2.75) is 83.1 Å². The Kier molecular flexibility index (Phi) is 11.9. The molecule has 0 radical (unpaired) electrons. The lowest BCUT2D eigenvalue weighted by Crippen LogP contribution is -2.02. The van der Waals surface area contributed by atoms with Crippen LogP contribution in [0.3, 0.4) is 0 Å². The van der Waals surface area contributed by atoms with Gasteiger partial charge >= 0.3 is 0 Å². The summed E-state index contributed by atoms with van der Waals surface area (Å²) in [5, 5.41) is 1.14. The van der Waals surface area contributed by atoms with Gasteiger partial charge in [0.05, 0.1) is 5.52 Å². The highest BCUT2D eigenvalue weighted by Gasteiger charge is 2.18. The van der Waals surface area contributed by atoms with Gasteiger partial charge in [0, 0.05) is 11.1 Å². The number of para-hydroxylation sites is 1. The Balaban J connectivity index is 0.00000120. The molecule has 0 fully saturated rings. The fourth-order valence-electron chi connectivity index (χ4n) is 3.04. The lowest BCUT2D eigenvalue weighted by Gasteiger charge is -2.20. The van der Waals surface area contributed by atoms with Crippen molar-refractivity contribution in [1.29, 1.82) is 0 Å². The molecule has 0 atom stereocenters. The molecule has 160 valence electrons. The molecule has 0 aliphatic heterocycles. The Morgan fingerprint density at radius 3 is 1.62 bits per heavy atom. The molecule has 1 heterocycles. The van der Waals surface area contributed by atoms with Gasteiger partial charge in [-0.1, -0.05) is 59.7 Å². The molecule has 2 aromatic carbocycles. The number of aryl methyl sites for hydroxylation is 3. The molecule has 2 heteroatoms. The normalized spacial score (nSPS) is 9.38. The molecule has 0 saturated heterocycles. The average Bonchev–Trinajstić information content (AvgIpc) is 2.78. The molecule has 3 rings (SSSR count). The number of hydrogen-bond acceptors (Lipinski definition) is 2. The molecule has 0 aliphatic carbocycles. The monoisotopic (exact) mass is 395 g/mol. The molecule has 0 N–H and O–H groups in total. The van der Waals surface area contributed by atoms with E-state index in [4.69, 9.17) is 9.72 Å². The second kappa shape index (κ2) is 13.0. The summed E-state index contributed by atoms with van der Waals surface area (Å²) in [6, 6.07) is 9.97. The summed E-state index contributed by atoms with van der Waals surface area (Å²) in [4.78, 5) is 4.86. The minimum absolute atomic E-state index is 0.859. The summed E-state index contributed by atoms with van der Waals surface area (Å²) in [7, 11) is 0. The van der Waals surface area contributed by atoms with Gasteiger partial charge in [-0.05, 0) is 81.5 Å². The highest BCUT2D eigenvalue weighted by Crippen LogP contribution is 2.40. The van der Waals surface area contributed by atoms with E-state index in [9.17, 15) is 0 Å². The molecular formula is C27H41NO. The van der Waals surface area contributed by atoms with E-state index < -0.39 is 0 Å². The number of hydrogen-bond donors (Lipinski definition) is 0. The van der Waals surface area contributed by atoms with E-state index in [0.717, 1.165) is 28.1 Å². The molecule has 0 spiro atoms. The molecule has 0 amide bonds. The minimum Gasteiger partial charge on any atom is -0.456 e. The van der Waals surface area contributed by atoms with Crippen molar-refractivity contribution in [1.82, 2.24) is 4.98 Å². The first-order valence-corrected chi connectivity index (χ1v) is 11.0. The first-order chi connectivity index (χ1) is 13.9. The van der Waals surface area contributed by atoms with Crippen LogP contribution in [-0.2, 0) is 0 Å². The predicted octanol–water partition coefficient (Wildman–Crippen LogP) is 8.96. The number of aromatic nitrogens is 1. The second-order valence-corrected chi connectivity index (χ2v) is 6.29. The average molecular weight is 396 g/mol. The number of rotatable bonds is 2. The zero-order chi connectivity index (χ0) is 22.7. The zero-order valence-corrected chi connectivity index (χ0v) is 20.7. The van der Waals surface area contributed by atoms with E-state index in [0.29, 0.717) is 0 Å². The van der Waals surface area contributed by atoms with Crippen molar-refractivity contribution in [3.8, 4) is 11.5 Å². The molecule has 0 unspecified atom stereocenters. The largest absolute Gasteiger partial charge is 0.456 e. The van der Waals surface area contributed by atoms with Crippen LogP contribution in [0.4, 0.5) is 0 Å². The van der Waals surface area contributed by atoms with E-state index >= 15 is 0 Å². The fraction of sp³-hybridized carbons (Fsp3) is 0.444. The van der Waals surface area contributed by atoms with Gasteiger partial charge in [-0.2, -0.15) is 0 Å². The Morgan fingerprint density at radius 2 is 1.10 bits per heavy atom. The Hall–Kier alpha value is -2.35. The molecule has 1 aromatic heterocycles. The summed E-state index contributed by atoms with van der Waals surface area (Å²) >= 11 is 0. The van der Waals surface area contributed by atoms with Gasteiger partial charge in [0.25, 0.3) is 0 Å². The summed E-state index contributed by atoms with van der Waals surface area (Å²) in [6.45, 7) is 24.8. The van der Waals surface area contributed by atoms with E-state index in [-0.39, 0.29) is 0 Å². The van der Waals surface area contributed by atoms with Crippen LogP contribution in [0, 0.1) is 41.5 Å². The highest BCUT2D eigenvalue weighted by molar-refractivity contribution is 5.94. The van der Waals surface area contributed by atoms with Crippen molar-refractivity contribution in [3.63, 3.8) is 0 Å². The first kappa shape index (κ1) is 26.6. The van der Waals surface area contributed by atoms with Crippen LogP contribution in [0.15, 0.2) is 30.3 Å². The SMILES string of the molecule is CC.CC.CC.Cc1nc2c(C)c(C)c(C)c(Oc3ccccc3)c2c(C)c1C. The summed E-state index contributed by atoms with van der Waals surface area (Å²) in [5.41, 5.74) is 8.31. The highest BCUT2D eigenvalue weighted by atomic mass is 16.5. The van der Waals surface area contributed by atoms with Crippen molar-refractivity contribution >= 4 is 10.9 Å². The van der Waals surface area contributed by atoms with E-state index in [1.165, 1.54) is 27.8 Å². The molecular weight excluding hydrogens is 354 g/mol. The van der Waals surface area contributed by atoms with Crippen molar-refractivity contribution in [2.24, 2.45) is 0 Å². The quantitative estimate of drug-likeness (QED) is 0.432. The molecule has 2 nitrogen and oxygen atoms in total. The standard InChI is InChI=1S/C21H23NO.3C2H6/c1-12-15(4)20-19(14(3)13(2)17(6)22-20)21(16(12)5)23-18-10-8-7-9-11-18;3*1-2/h7-11H,1-6H3;3*1-2H3. The van der Waals surface area contributed by atoms with Gasteiger partial charge < -0.3 is 4.74 Å². The summed E-state index contributed by atoms with van der Waals surface area (Å²) < 4.78 is 6.29. The van der Waals surface area contributed by atoms with Crippen LogP contribution in [0.5, 0.6) is 11.5 Å².